The molecule has 0 radical (unpaired) electrons. The van der Waals surface area contributed by atoms with Crippen LogP contribution in [0.1, 0.15) is 16.8 Å². The van der Waals surface area contributed by atoms with Crippen LogP contribution in [0.15, 0.2) is 49.1 Å². The van der Waals surface area contributed by atoms with Crippen LogP contribution in [0.5, 0.6) is 0 Å². The molecular weight excluding hydrogens is 304 g/mol. The summed E-state index contributed by atoms with van der Waals surface area (Å²) in [5, 5.41) is 4.15. The third-order valence-corrected chi connectivity index (χ3v) is 4.13. The molecule has 24 heavy (non-hydrogen) atoms. The van der Waals surface area contributed by atoms with Gasteiger partial charge in [-0.05, 0) is 35.4 Å². The molecule has 1 aliphatic rings. The first-order chi connectivity index (χ1) is 11.7. The Morgan fingerprint density at radius 2 is 2.04 bits per heavy atom. The molecule has 4 heterocycles. The molecule has 0 atom stereocenters. The lowest BCUT2D eigenvalue weighted by Crippen LogP contribution is -2.27. The lowest BCUT2D eigenvalue weighted by molar-refractivity contribution is -0.131. The Morgan fingerprint density at radius 1 is 1.17 bits per heavy atom. The quantitative estimate of drug-likeness (QED) is 0.786. The minimum Gasteiger partial charge on any atom is -0.397 e. The van der Waals surface area contributed by atoms with Crippen molar-refractivity contribution in [2.75, 3.05) is 5.73 Å². The molecule has 1 aliphatic heterocycles. The van der Waals surface area contributed by atoms with E-state index < -0.39 is 0 Å². The summed E-state index contributed by atoms with van der Waals surface area (Å²) in [6.07, 6.45) is 7.21. The van der Waals surface area contributed by atoms with Gasteiger partial charge in [0.1, 0.15) is 0 Å². The molecule has 0 bridgehead atoms. The van der Waals surface area contributed by atoms with Crippen molar-refractivity contribution in [3.8, 4) is 5.82 Å². The van der Waals surface area contributed by atoms with E-state index in [2.05, 4.69) is 15.1 Å². The molecule has 3 aromatic rings. The second kappa shape index (κ2) is 5.77. The van der Waals surface area contributed by atoms with E-state index in [1.54, 1.807) is 40.3 Å². The minimum absolute atomic E-state index is 0.00279. The highest BCUT2D eigenvalue weighted by Crippen LogP contribution is 2.23. The van der Waals surface area contributed by atoms with Gasteiger partial charge in [0.2, 0.25) is 5.91 Å². The number of nitrogens with zero attached hydrogens (tertiary/aromatic N) is 5. The van der Waals surface area contributed by atoms with Crippen LogP contribution in [-0.4, -0.2) is 30.6 Å². The van der Waals surface area contributed by atoms with Crippen LogP contribution in [0, 0.1) is 0 Å². The maximum absolute atomic E-state index is 12.6. The zero-order chi connectivity index (χ0) is 16.5. The van der Waals surface area contributed by atoms with Crippen molar-refractivity contribution in [2.24, 2.45) is 0 Å². The average molecular weight is 320 g/mol. The van der Waals surface area contributed by atoms with Crippen LogP contribution in [0.25, 0.3) is 5.82 Å². The molecule has 2 N–H and O–H groups in total. The molecule has 4 rings (SSSR count). The molecule has 0 aliphatic carbocycles. The molecule has 1 amide bonds. The van der Waals surface area contributed by atoms with Gasteiger partial charge in [0.05, 0.1) is 17.8 Å². The summed E-state index contributed by atoms with van der Waals surface area (Å²) in [5.41, 5.74) is 9.32. The first-order valence-corrected chi connectivity index (χ1v) is 7.65. The Labute approximate surface area is 138 Å². The second-order valence-electron chi connectivity index (χ2n) is 5.73. The fourth-order valence-corrected chi connectivity index (χ4v) is 2.83. The van der Waals surface area contributed by atoms with Gasteiger partial charge in [-0.3, -0.25) is 9.78 Å². The van der Waals surface area contributed by atoms with Gasteiger partial charge in [0.25, 0.3) is 0 Å². The topological polar surface area (TPSA) is 89.9 Å². The number of carbonyl (C=O) groups is 1. The number of pyridine rings is 2. The van der Waals surface area contributed by atoms with Crippen molar-refractivity contribution in [1.82, 2.24) is 24.6 Å². The summed E-state index contributed by atoms with van der Waals surface area (Å²) >= 11 is 0. The minimum atomic E-state index is 0.00279. The maximum Gasteiger partial charge on any atom is 0.229 e. The fraction of sp³-hybridized carbons (Fsp3) is 0.176. The molecule has 120 valence electrons. The van der Waals surface area contributed by atoms with Gasteiger partial charge in [-0.1, -0.05) is 0 Å². The SMILES string of the molecule is Nc1ccc(-n2cccn2)nc1CC(=O)N1Cc2ccncc2C1. The van der Waals surface area contributed by atoms with E-state index in [0.717, 1.165) is 11.1 Å². The van der Waals surface area contributed by atoms with Crippen LogP contribution in [0.2, 0.25) is 0 Å². The number of carbonyl (C=O) groups excluding carboxylic acids is 1. The number of anilines is 1. The molecule has 7 nitrogen and oxygen atoms in total. The number of hydrogen-bond donors (Lipinski definition) is 1. The highest BCUT2D eigenvalue weighted by Gasteiger charge is 2.24. The predicted molar refractivity (Wildman–Crippen MR) is 88.0 cm³/mol. The van der Waals surface area contributed by atoms with Crippen LogP contribution in [0.3, 0.4) is 0 Å². The monoisotopic (exact) mass is 320 g/mol. The Bertz CT molecular complexity index is 865. The average Bonchev–Trinajstić information content (AvgIpc) is 3.26. The van der Waals surface area contributed by atoms with E-state index in [0.29, 0.717) is 30.3 Å². The van der Waals surface area contributed by atoms with E-state index in [9.17, 15) is 4.79 Å². The molecular formula is C17H16N6O. The molecule has 0 fully saturated rings. The van der Waals surface area contributed by atoms with Crippen LogP contribution >= 0.6 is 0 Å². The zero-order valence-electron chi connectivity index (χ0n) is 13.0. The van der Waals surface area contributed by atoms with E-state index in [1.807, 2.05) is 18.3 Å². The molecule has 0 saturated carbocycles. The predicted octanol–water partition coefficient (Wildman–Crippen LogP) is 1.33. The summed E-state index contributed by atoms with van der Waals surface area (Å²) in [6, 6.07) is 7.31. The van der Waals surface area contributed by atoms with Crippen molar-refractivity contribution in [1.29, 1.82) is 0 Å². The number of amides is 1. The summed E-state index contributed by atoms with van der Waals surface area (Å²) in [6.45, 7) is 1.19. The van der Waals surface area contributed by atoms with Crippen LogP contribution < -0.4 is 5.73 Å². The highest BCUT2D eigenvalue weighted by molar-refractivity contribution is 5.80. The van der Waals surface area contributed by atoms with E-state index in [-0.39, 0.29) is 12.3 Å². The normalized spacial score (nSPS) is 13.1. The third-order valence-electron chi connectivity index (χ3n) is 4.13. The standard InChI is InChI=1S/C17H16N6O/c18-14-2-3-16(23-7-1-5-20-23)21-15(14)8-17(24)22-10-12-4-6-19-9-13(12)11-22/h1-7,9H,8,10-11,18H2. The second-order valence-corrected chi connectivity index (χ2v) is 5.73. The highest BCUT2D eigenvalue weighted by atomic mass is 16.2. The summed E-state index contributed by atoms with van der Waals surface area (Å²) < 4.78 is 1.64. The number of nitrogens with two attached hydrogens (primary N) is 1. The van der Waals surface area contributed by atoms with E-state index >= 15 is 0 Å². The molecule has 0 saturated heterocycles. The number of rotatable bonds is 3. The lowest BCUT2D eigenvalue weighted by atomic mass is 10.2. The first-order valence-electron chi connectivity index (χ1n) is 7.65. The fourth-order valence-electron chi connectivity index (χ4n) is 2.83. The van der Waals surface area contributed by atoms with E-state index in [1.165, 1.54) is 0 Å². The van der Waals surface area contributed by atoms with Gasteiger partial charge < -0.3 is 10.6 Å². The molecule has 0 aromatic carbocycles. The number of fused-ring (bicyclic) bond motifs is 1. The molecule has 0 unspecified atom stereocenters. The smallest absolute Gasteiger partial charge is 0.229 e. The maximum atomic E-state index is 12.6. The Balaban J connectivity index is 1.53. The largest absolute Gasteiger partial charge is 0.397 e. The van der Waals surface area contributed by atoms with Crippen LogP contribution in [-0.2, 0) is 24.3 Å². The van der Waals surface area contributed by atoms with Crippen molar-refractivity contribution >= 4 is 11.6 Å². The Hall–Kier alpha value is -3.22. The number of aromatic nitrogens is 4. The molecule has 0 spiro atoms. The lowest BCUT2D eigenvalue weighted by Gasteiger charge is -2.16. The Morgan fingerprint density at radius 3 is 2.83 bits per heavy atom. The first kappa shape index (κ1) is 14.4. The van der Waals surface area contributed by atoms with Gasteiger partial charge in [-0.2, -0.15) is 5.10 Å². The third kappa shape index (κ3) is 2.60. The van der Waals surface area contributed by atoms with Crippen molar-refractivity contribution in [3.05, 3.63) is 65.9 Å². The molecule has 3 aromatic heterocycles. The Kier molecular flexibility index (Phi) is 3.45. The van der Waals surface area contributed by atoms with Crippen molar-refractivity contribution < 1.29 is 4.79 Å². The van der Waals surface area contributed by atoms with Crippen molar-refractivity contribution in [3.63, 3.8) is 0 Å². The summed E-state index contributed by atoms with van der Waals surface area (Å²) in [5.74, 6) is 0.647. The van der Waals surface area contributed by atoms with Gasteiger partial charge in [0.15, 0.2) is 5.82 Å². The van der Waals surface area contributed by atoms with E-state index in [4.69, 9.17) is 5.73 Å². The summed E-state index contributed by atoms with van der Waals surface area (Å²) in [7, 11) is 0. The van der Waals surface area contributed by atoms with Crippen molar-refractivity contribution in [2.45, 2.75) is 19.5 Å². The number of nitrogen functional groups attached to an aromatic ring is 1. The zero-order valence-corrected chi connectivity index (χ0v) is 13.0. The molecule has 7 heteroatoms. The van der Waals surface area contributed by atoms with Gasteiger partial charge in [-0.15, -0.1) is 0 Å². The van der Waals surface area contributed by atoms with Gasteiger partial charge in [-0.25, -0.2) is 9.67 Å². The summed E-state index contributed by atoms with van der Waals surface area (Å²) in [4.78, 5) is 23.0. The number of hydrogen-bond acceptors (Lipinski definition) is 5. The van der Waals surface area contributed by atoms with Crippen LogP contribution in [0.4, 0.5) is 5.69 Å². The van der Waals surface area contributed by atoms with Gasteiger partial charge in [0, 0.05) is 37.9 Å². The van der Waals surface area contributed by atoms with Gasteiger partial charge >= 0.3 is 0 Å².